The van der Waals surface area contributed by atoms with Gasteiger partial charge in [-0.25, -0.2) is 0 Å². The van der Waals surface area contributed by atoms with Crippen LogP contribution in [0.15, 0.2) is 60.7 Å². The van der Waals surface area contributed by atoms with Crippen LogP contribution in [0.2, 0.25) is 0 Å². The van der Waals surface area contributed by atoms with Crippen molar-refractivity contribution in [3.63, 3.8) is 0 Å². The van der Waals surface area contributed by atoms with Crippen LogP contribution < -0.4 is 0 Å². The standard InChI is InChI=1S/2C7H7.2C4H10N.Zr/c2*1-7-5-3-2-4-6-7;2*1-3-5-4-2;/h2*2-6H,1H2;2*3-4H2,1-2H3;/q4*-1;+4. The maximum Gasteiger partial charge on any atom is 4.00 e. The second-order valence-electron chi connectivity index (χ2n) is 4.68. The molecule has 0 N–H and O–H groups in total. The number of hydrogen-bond donors (Lipinski definition) is 0. The fraction of sp³-hybridized carbons (Fsp3) is 0.364. The molecule has 0 amide bonds. The van der Waals surface area contributed by atoms with E-state index in [1.165, 1.54) is 0 Å². The molecule has 2 aromatic carbocycles. The molecule has 0 saturated carbocycles. The Hall–Kier alpha value is -1.02. The predicted molar refractivity (Wildman–Crippen MR) is 111 cm³/mol. The zero-order valence-electron chi connectivity index (χ0n) is 16.4. The van der Waals surface area contributed by atoms with Gasteiger partial charge in [0.1, 0.15) is 0 Å². The molecule has 0 aliphatic rings. The molecule has 3 heteroatoms. The summed E-state index contributed by atoms with van der Waals surface area (Å²) in [6.07, 6.45) is 0. The summed E-state index contributed by atoms with van der Waals surface area (Å²) >= 11 is 0. The van der Waals surface area contributed by atoms with Gasteiger partial charge < -0.3 is 10.6 Å². The molecule has 0 bridgehead atoms. The quantitative estimate of drug-likeness (QED) is 0.506. The molecule has 0 radical (unpaired) electrons. The van der Waals surface area contributed by atoms with Crippen molar-refractivity contribution in [1.29, 1.82) is 0 Å². The van der Waals surface area contributed by atoms with Gasteiger partial charge in [0, 0.05) is 0 Å². The SMILES string of the molecule is CC[N-]CC.CC[N-]CC.[CH2-]c1ccccc1.[CH2-]c1ccccc1.[Zr+4]. The van der Waals surface area contributed by atoms with Gasteiger partial charge in [0.15, 0.2) is 0 Å². The van der Waals surface area contributed by atoms with E-state index in [1.807, 2.05) is 88.4 Å². The van der Waals surface area contributed by atoms with E-state index in [0.717, 1.165) is 37.3 Å². The molecule has 0 atom stereocenters. The molecule has 0 unspecified atom stereocenters. The van der Waals surface area contributed by atoms with E-state index in [9.17, 15) is 0 Å². The van der Waals surface area contributed by atoms with Crippen molar-refractivity contribution < 1.29 is 26.2 Å². The molecule has 136 valence electrons. The number of benzene rings is 2. The van der Waals surface area contributed by atoms with Gasteiger partial charge in [-0.05, 0) is 0 Å². The van der Waals surface area contributed by atoms with Crippen LogP contribution >= 0.6 is 0 Å². The van der Waals surface area contributed by atoms with Crippen LogP contribution in [0.1, 0.15) is 38.8 Å². The molecule has 2 nitrogen and oxygen atoms in total. The Morgan fingerprint density at radius 2 is 0.800 bits per heavy atom. The zero-order chi connectivity index (χ0) is 18.5. The third-order valence-corrected chi connectivity index (χ3v) is 2.58. The summed E-state index contributed by atoms with van der Waals surface area (Å²) in [4.78, 5) is 0. The smallest absolute Gasteiger partial charge is 0.663 e. The van der Waals surface area contributed by atoms with Crippen molar-refractivity contribution in [2.24, 2.45) is 0 Å². The Balaban J connectivity index is -0.000000259. The maximum atomic E-state index is 3.97. The third kappa shape index (κ3) is 28.1. The van der Waals surface area contributed by atoms with E-state index in [1.54, 1.807) is 0 Å². The van der Waals surface area contributed by atoms with Gasteiger partial charge in [-0.2, -0.15) is 75.4 Å². The van der Waals surface area contributed by atoms with Crippen molar-refractivity contribution in [2.45, 2.75) is 27.7 Å². The molecule has 0 aliphatic carbocycles. The molecule has 2 aromatic rings. The van der Waals surface area contributed by atoms with Crippen LogP contribution in [0.4, 0.5) is 0 Å². The van der Waals surface area contributed by atoms with Crippen LogP contribution in [0.3, 0.4) is 0 Å². The molecule has 0 saturated heterocycles. The average molecular weight is 418 g/mol. The minimum atomic E-state index is 0. The second kappa shape index (κ2) is 25.2. The first-order valence-electron chi connectivity index (χ1n) is 8.62. The molecule has 0 heterocycles. The third-order valence-electron chi connectivity index (χ3n) is 2.58. The van der Waals surface area contributed by atoms with Crippen LogP contribution in [0.5, 0.6) is 0 Å². The van der Waals surface area contributed by atoms with Gasteiger partial charge in [0.25, 0.3) is 0 Å². The number of hydrogen-bond acceptors (Lipinski definition) is 0. The molecule has 0 aromatic heterocycles. The Labute approximate surface area is 176 Å². The number of rotatable bonds is 4. The van der Waals surface area contributed by atoms with Crippen LogP contribution in [-0.2, 0) is 26.2 Å². The Morgan fingerprint density at radius 3 is 0.880 bits per heavy atom. The monoisotopic (exact) mass is 416 g/mol. The van der Waals surface area contributed by atoms with Crippen molar-refractivity contribution >= 4 is 0 Å². The second-order valence-corrected chi connectivity index (χ2v) is 4.68. The van der Waals surface area contributed by atoms with Gasteiger partial charge >= 0.3 is 26.2 Å². The van der Waals surface area contributed by atoms with E-state index in [2.05, 4.69) is 24.5 Å². The first kappa shape index (κ1) is 28.8. The van der Waals surface area contributed by atoms with Crippen molar-refractivity contribution in [1.82, 2.24) is 0 Å². The van der Waals surface area contributed by atoms with Gasteiger partial charge in [-0.3, -0.25) is 0 Å². The Morgan fingerprint density at radius 1 is 0.560 bits per heavy atom. The molecule has 25 heavy (non-hydrogen) atoms. The Bertz CT molecular complexity index is 385. The zero-order valence-corrected chi connectivity index (χ0v) is 18.9. The summed E-state index contributed by atoms with van der Waals surface area (Å²) in [6, 6.07) is 19.7. The molecule has 0 aliphatic heterocycles. The summed E-state index contributed by atoms with van der Waals surface area (Å²) < 4.78 is 0. The maximum absolute atomic E-state index is 3.97. The van der Waals surface area contributed by atoms with Gasteiger partial charge in [-0.1, -0.05) is 39.8 Å². The summed E-state index contributed by atoms with van der Waals surface area (Å²) in [5.41, 5.74) is 2.14. The molecule has 0 spiro atoms. The molecular weight excluding hydrogens is 383 g/mol. The van der Waals surface area contributed by atoms with Crippen molar-refractivity contribution in [3.8, 4) is 0 Å². The normalized spacial score (nSPS) is 8.16. The fourth-order valence-corrected chi connectivity index (χ4v) is 1.40. The van der Waals surface area contributed by atoms with Crippen LogP contribution in [0.25, 0.3) is 10.6 Å². The van der Waals surface area contributed by atoms with Gasteiger partial charge in [-0.15, -0.1) is 24.3 Å². The Kier molecular flexibility index (Phi) is 29.0. The topological polar surface area (TPSA) is 28.2 Å². The summed E-state index contributed by atoms with van der Waals surface area (Å²) in [5, 5.41) is 7.94. The first-order valence-corrected chi connectivity index (χ1v) is 8.62. The average Bonchev–Trinajstić information content (AvgIpc) is 2.59. The minimum absolute atomic E-state index is 0. The first-order chi connectivity index (χ1) is 11.6. The minimum Gasteiger partial charge on any atom is -0.663 e. The van der Waals surface area contributed by atoms with E-state index in [0.29, 0.717) is 0 Å². The van der Waals surface area contributed by atoms with Crippen LogP contribution in [0, 0.1) is 13.8 Å². The molecular formula is C22H34N2Zr. The van der Waals surface area contributed by atoms with Gasteiger partial charge in [0.05, 0.1) is 0 Å². The van der Waals surface area contributed by atoms with E-state index >= 15 is 0 Å². The van der Waals surface area contributed by atoms with E-state index < -0.39 is 0 Å². The van der Waals surface area contributed by atoms with E-state index in [-0.39, 0.29) is 26.2 Å². The largest absolute Gasteiger partial charge is 4.00 e. The molecule has 0 fully saturated rings. The van der Waals surface area contributed by atoms with E-state index in [4.69, 9.17) is 0 Å². The summed E-state index contributed by atoms with van der Waals surface area (Å²) in [6.45, 7) is 19.5. The summed E-state index contributed by atoms with van der Waals surface area (Å²) in [7, 11) is 0. The number of nitrogens with zero attached hydrogens (tertiary/aromatic N) is 2. The fourth-order valence-electron chi connectivity index (χ4n) is 1.40. The van der Waals surface area contributed by atoms with Crippen molar-refractivity contribution in [2.75, 3.05) is 26.2 Å². The predicted octanol–water partition coefficient (Wildman–Crippen LogP) is 6.53. The van der Waals surface area contributed by atoms with Gasteiger partial charge in [0.2, 0.25) is 0 Å². The van der Waals surface area contributed by atoms with Crippen LogP contribution in [-0.4, -0.2) is 26.2 Å². The van der Waals surface area contributed by atoms with Crippen molar-refractivity contribution in [3.05, 3.63) is 96.3 Å². The molecule has 2 rings (SSSR count). The summed E-state index contributed by atoms with van der Waals surface area (Å²) in [5.74, 6) is 0.